The maximum absolute atomic E-state index is 5.70. The van der Waals surface area contributed by atoms with Crippen LogP contribution in [0.1, 0.15) is 25.1 Å². The highest BCUT2D eigenvalue weighted by Crippen LogP contribution is 2.36. The van der Waals surface area contributed by atoms with E-state index >= 15 is 0 Å². The van der Waals surface area contributed by atoms with Crippen molar-refractivity contribution < 1.29 is 0 Å². The van der Waals surface area contributed by atoms with Crippen molar-refractivity contribution in [1.82, 2.24) is 14.9 Å². The third-order valence-corrected chi connectivity index (χ3v) is 3.69. The van der Waals surface area contributed by atoms with E-state index in [1.165, 1.54) is 19.3 Å². The number of aromatic nitrogens is 2. The standard InChI is InChI=1S/C12H21N5/c1-9-15-10(13)7-11(16-9)14-8-12(17(2)3)5-4-6-12/h7H,4-6,8H2,1-3H3,(H3,13,14,15,16). The maximum atomic E-state index is 5.70. The Hall–Kier alpha value is -1.36. The number of nitrogens with one attached hydrogen (secondary N) is 1. The van der Waals surface area contributed by atoms with E-state index in [1.54, 1.807) is 6.07 Å². The summed E-state index contributed by atoms with van der Waals surface area (Å²) >= 11 is 0. The van der Waals surface area contributed by atoms with Gasteiger partial charge in [-0.1, -0.05) is 0 Å². The second kappa shape index (κ2) is 4.49. The molecule has 2 rings (SSSR count). The first-order valence-corrected chi connectivity index (χ1v) is 6.04. The Labute approximate surface area is 102 Å². The van der Waals surface area contributed by atoms with Gasteiger partial charge < -0.3 is 16.0 Å². The summed E-state index contributed by atoms with van der Waals surface area (Å²) in [5.41, 5.74) is 5.99. The third-order valence-electron chi connectivity index (χ3n) is 3.69. The highest BCUT2D eigenvalue weighted by molar-refractivity contribution is 5.44. The smallest absolute Gasteiger partial charge is 0.131 e. The SMILES string of the molecule is Cc1nc(N)cc(NCC2(N(C)C)CCC2)n1. The number of hydrogen-bond donors (Lipinski definition) is 2. The number of nitrogens with zero attached hydrogens (tertiary/aromatic N) is 3. The number of likely N-dealkylation sites (N-methyl/N-ethyl adjacent to an activating group) is 1. The van der Waals surface area contributed by atoms with Crippen LogP contribution in [0.4, 0.5) is 11.6 Å². The lowest BCUT2D eigenvalue weighted by molar-refractivity contribution is 0.0738. The van der Waals surface area contributed by atoms with Crippen molar-refractivity contribution in [2.75, 3.05) is 31.7 Å². The minimum Gasteiger partial charge on any atom is -0.384 e. The number of anilines is 2. The molecule has 0 radical (unpaired) electrons. The van der Waals surface area contributed by atoms with E-state index < -0.39 is 0 Å². The summed E-state index contributed by atoms with van der Waals surface area (Å²) in [6.07, 6.45) is 3.80. The normalized spacial score (nSPS) is 17.9. The summed E-state index contributed by atoms with van der Waals surface area (Å²) in [5, 5.41) is 3.38. The topological polar surface area (TPSA) is 67.1 Å². The monoisotopic (exact) mass is 235 g/mol. The van der Waals surface area contributed by atoms with Crippen molar-refractivity contribution in [1.29, 1.82) is 0 Å². The zero-order chi connectivity index (χ0) is 12.5. The first-order chi connectivity index (χ1) is 8.02. The molecule has 3 N–H and O–H groups in total. The Morgan fingerprint density at radius 3 is 2.59 bits per heavy atom. The van der Waals surface area contributed by atoms with Gasteiger partial charge in [-0.25, -0.2) is 9.97 Å². The average molecular weight is 235 g/mol. The molecule has 0 bridgehead atoms. The number of hydrogen-bond acceptors (Lipinski definition) is 5. The Kier molecular flexibility index (Phi) is 3.19. The van der Waals surface area contributed by atoms with Gasteiger partial charge in [0.2, 0.25) is 0 Å². The summed E-state index contributed by atoms with van der Waals surface area (Å²) in [6.45, 7) is 2.77. The highest BCUT2D eigenvalue weighted by Gasteiger charge is 2.38. The lowest BCUT2D eigenvalue weighted by Crippen LogP contribution is -2.54. The molecule has 0 unspecified atom stereocenters. The van der Waals surface area contributed by atoms with Gasteiger partial charge in [0.05, 0.1) is 0 Å². The molecule has 1 aromatic rings. The van der Waals surface area contributed by atoms with Crippen LogP contribution in [0.5, 0.6) is 0 Å². The van der Waals surface area contributed by atoms with Crippen LogP contribution >= 0.6 is 0 Å². The molecule has 1 heterocycles. The van der Waals surface area contributed by atoms with E-state index in [2.05, 4.69) is 34.3 Å². The minimum absolute atomic E-state index is 0.285. The Morgan fingerprint density at radius 1 is 1.41 bits per heavy atom. The van der Waals surface area contributed by atoms with E-state index in [0.717, 1.165) is 12.4 Å². The fourth-order valence-electron chi connectivity index (χ4n) is 2.30. The zero-order valence-electron chi connectivity index (χ0n) is 10.8. The molecule has 5 nitrogen and oxygen atoms in total. The van der Waals surface area contributed by atoms with E-state index in [-0.39, 0.29) is 5.54 Å². The lowest BCUT2D eigenvalue weighted by atomic mass is 9.75. The second-order valence-corrected chi connectivity index (χ2v) is 5.05. The fraction of sp³-hybridized carbons (Fsp3) is 0.667. The summed E-state index contributed by atoms with van der Waals surface area (Å²) in [4.78, 5) is 10.7. The van der Waals surface area contributed by atoms with E-state index in [9.17, 15) is 0 Å². The van der Waals surface area contributed by atoms with Crippen LogP contribution in [-0.4, -0.2) is 41.0 Å². The van der Waals surface area contributed by atoms with Gasteiger partial charge in [-0.3, -0.25) is 0 Å². The van der Waals surface area contributed by atoms with Crippen molar-refractivity contribution in [2.45, 2.75) is 31.7 Å². The van der Waals surface area contributed by atoms with Crippen molar-refractivity contribution >= 4 is 11.6 Å². The van der Waals surface area contributed by atoms with E-state index in [0.29, 0.717) is 11.6 Å². The summed E-state index contributed by atoms with van der Waals surface area (Å²) in [6, 6.07) is 1.79. The molecule has 0 aliphatic heterocycles. The first-order valence-electron chi connectivity index (χ1n) is 6.04. The molecule has 5 heteroatoms. The van der Waals surface area contributed by atoms with Gasteiger partial charge >= 0.3 is 0 Å². The zero-order valence-corrected chi connectivity index (χ0v) is 10.8. The predicted octanol–water partition coefficient (Wildman–Crippen LogP) is 1.26. The van der Waals surface area contributed by atoms with Crippen LogP contribution in [0, 0.1) is 6.92 Å². The van der Waals surface area contributed by atoms with Crippen LogP contribution in [0.2, 0.25) is 0 Å². The van der Waals surface area contributed by atoms with E-state index in [4.69, 9.17) is 5.73 Å². The molecule has 1 aromatic heterocycles. The number of nitrogen functional groups attached to an aromatic ring is 1. The molecule has 1 aliphatic rings. The number of aryl methyl sites for hydroxylation is 1. The fourth-order valence-corrected chi connectivity index (χ4v) is 2.30. The molecular formula is C12H21N5. The first kappa shape index (κ1) is 12.1. The summed E-state index contributed by atoms with van der Waals surface area (Å²) in [7, 11) is 4.28. The van der Waals surface area contributed by atoms with Crippen LogP contribution in [-0.2, 0) is 0 Å². The van der Waals surface area contributed by atoms with Gasteiger partial charge in [-0.15, -0.1) is 0 Å². The third kappa shape index (κ3) is 2.49. The van der Waals surface area contributed by atoms with Crippen LogP contribution in [0.3, 0.4) is 0 Å². The van der Waals surface area contributed by atoms with Crippen molar-refractivity contribution in [3.8, 4) is 0 Å². The number of nitrogens with two attached hydrogens (primary N) is 1. The highest BCUT2D eigenvalue weighted by atomic mass is 15.2. The van der Waals surface area contributed by atoms with E-state index in [1.807, 2.05) is 6.92 Å². The van der Waals surface area contributed by atoms with Gasteiger partial charge in [-0.2, -0.15) is 0 Å². The van der Waals surface area contributed by atoms with Gasteiger partial charge in [0.15, 0.2) is 0 Å². The largest absolute Gasteiger partial charge is 0.384 e. The molecule has 0 aromatic carbocycles. The average Bonchev–Trinajstić information content (AvgIpc) is 2.13. The maximum Gasteiger partial charge on any atom is 0.131 e. The molecule has 1 fully saturated rings. The molecule has 94 valence electrons. The van der Waals surface area contributed by atoms with Crippen molar-refractivity contribution in [3.63, 3.8) is 0 Å². The van der Waals surface area contributed by atoms with Crippen LogP contribution < -0.4 is 11.1 Å². The molecule has 0 saturated heterocycles. The summed E-state index contributed by atoms with van der Waals surface area (Å²) in [5.74, 6) is 2.05. The van der Waals surface area contributed by atoms with Crippen molar-refractivity contribution in [2.24, 2.45) is 0 Å². The molecular weight excluding hydrogens is 214 g/mol. The molecule has 0 atom stereocenters. The van der Waals surface area contributed by atoms with Crippen molar-refractivity contribution in [3.05, 3.63) is 11.9 Å². The van der Waals surface area contributed by atoms with Gasteiger partial charge in [0.25, 0.3) is 0 Å². The molecule has 1 saturated carbocycles. The quantitative estimate of drug-likeness (QED) is 0.822. The molecule has 0 spiro atoms. The molecule has 0 amide bonds. The molecule has 17 heavy (non-hydrogen) atoms. The summed E-state index contributed by atoms with van der Waals surface area (Å²) < 4.78 is 0. The van der Waals surface area contributed by atoms with Crippen LogP contribution in [0.15, 0.2) is 6.07 Å². The Bertz CT molecular complexity index is 378. The van der Waals surface area contributed by atoms with Crippen LogP contribution in [0.25, 0.3) is 0 Å². The Morgan fingerprint density at radius 2 is 2.12 bits per heavy atom. The second-order valence-electron chi connectivity index (χ2n) is 5.05. The van der Waals surface area contributed by atoms with Gasteiger partial charge in [0.1, 0.15) is 17.5 Å². The number of rotatable bonds is 4. The minimum atomic E-state index is 0.285. The molecule has 1 aliphatic carbocycles. The van der Waals surface area contributed by atoms with Gasteiger partial charge in [-0.05, 0) is 40.3 Å². The predicted molar refractivity (Wildman–Crippen MR) is 69.9 cm³/mol. The van der Waals surface area contributed by atoms with Gasteiger partial charge in [0, 0.05) is 18.2 Å². The Balaban J connectivity index is 2.02. The lowest BCUT2D eigenvalue weighted by Gasteiger charge is -2.47.